The number of nitrogens with one attached hydrogen (secondary N) is 1. The zero-order valence-electron chi connectivity index (χ0n) is 10.4. The van der Waals surface area contributed by atoms with E-state index in [2.05, 4.69) is 22.3 Å². The standard InChI is InChI=1S/C12H21ClN4/c1-2-17-12(15-9-16-17)8-14-7-11-5-3-4-10(11)6-13/h9-11,14H,2-8H2,1H3. The van der Waals surface area contributed by atoms with Gasteiger partial charge in [0.1, 0.15) is 12.2 Å². The van der Waals surface area contributed by atoms with Crippen LogP contribution in [-0.4, -0.2) is 27.2 Å². The Hall–Kier alpha value is -0.610. The Balaban J connectivity index is 1.76. The predicted molar refractivity (Wildman–Crippen MR) is 69.0 cm³/mol. The minimum atomic E-state index is 0.702. The fourth-order valence-electron chi connectivity index (χ4n) is 2.64. The second-order valence-corrected chi connectivity index (χ2v) is 5.04. The molecule has 4 nitrogen and oxygen atoms in total. The molecule has 0 aromatic carbocycles. The van der Waals surface area contributed by atoms with E-state index in [4.69, 9.17) is 11.6 Å². The summed E-state index contributed by atoms with van der Waals surface area (Å²) >= 11 is 5.97. The van der Waals surface area contributed by atoms with Crippen LogP contribution in [-0.2, 0) is 13.1 Å². The molecule has 0 saturated heterocycles. The summed E-state index contributed by atoms with van der Waals surface area (Å²) in [6.45, 7) is 4.82. The highest BCUT2D eigenvalue weighted by atomic mass is 35.5. The first-order chi connectivity index (χ1) is 8.35. The topological polar surface area (TPSA) is 42.7 Å². The molecule has 2 atom stereocenters. The SMILES string of the molecule is CCn1ncnc1CNCC1CCCC1CCl. The molecule has 1 aliphatic carbocycles. The maximum absolute atomic E-state index is 5.97. The number of aryl methyl sites for hydroxylation is 1. The van der Waals surface area contributed by atoms with Gasteiger partial charge in [-0.2, -0.15) is 5.10 Å². The van der Waals surface area contributed by atoms with Gasteiger partial charge < -0.3 is 5.32 Å². The van der Waals surface area contributed by atoms with Crippen LogP contribution in [0.15, 0.2) is 6.33 Å². The normalized spacial score (nSPS) is 24.4. The maximum Gasteiger partial charge on any atom is 0.140 e. The number of alkyl halides is 1. The van der Waals surface area contributed by atoms with Crippen LogP contribution in [0.1, 0.15) is 32.0 Å². The van der Waals surface area contributed by atoms with Gasteiger partial charge >= 0.3 is 0 Å². The lowest BCUT2D eigenvalue weighted by atomic mass is 9.98. The average Bonchev–Trinajstić information content (AvgIpc) is 2.97. The third-order valence-corrected chi connectivity index (χ3v) is 4.10. The molecule has 5 heteroatoms. The van der Waals surface area contributed by atoms with Gasteiger partial charge in [-0.15, -0.1) is 11.6 Å². The molecule has 17 heavy (non-hydrogen) atoms. The Morgan fingerprint density at radius 3 is 3.06 bits per heavy atom. The van der Waals surface area contributed by atoms with E-state index in [0.29, 0.717) is 5.92 Å². The van der Waals surface area contributed by atoms with Gasteiger partial charge in [0.05, 0.1) is 6.54 Å². The molecule has 0 amide bonds. The highest BCUT2D eigenvalue weighted by molar-refractivity contribution is 6.18. The third-order valence-electron chi connectivity index (χ3n) is 3.70. The van der Waals surface area contributed by atoms with Crippen molar-refractivity contribution in [2.24, 2.45) is 11.8 Å². The zero-order chi connectivity index (χ0) is 12.1. The minimum absolute atomic E-state index is 0.702. The van der Waals surface area contributed by atoms with Gasteiger partial charge in [0.2, 0.25) is 0 Å². The van der Waals surface area contributed by atoms with Crippen LogP contribution in [0.3, 0.4) is 0 Å². The summed E-state index contributed by atoms with van der Waals surface area (Å²) in [6, 6.07) is 0. The van der Waals surface area contributed by atoms with E-state index in [1.54, 1.807) is 6.33 Å². The number of aromatic nitrogens is 3. The summed E-state index contributed by atoms with van der Waals surface area (Å²) < 4.78 is 1.93. The maximum atomic E-state index is 5.97. The van der Waals surface area contributed by atoms with Gasteiger partial charge in [-0.3, -0.25) is 0 Å². The molecular weight excluding hydrogens is 236 g/mol. The van der Waals surface area contributed by atoms with Crippen LogP contribution >= 0.6 is 11.6 Å². The highest BCUT2D eigenvalue weighted by Gasteiger charge is 2.25. The molecular formula is C12H21ClN4. The Bertz CT molecular complexity index is 339. The fraction of sp³-hybridized carbons (Fsp3) is 0.833. The van der Waals surface area contributed by atoms with Gasteiger partial charge in [0, 0.05) is 12.4 Å². The van der Waals surface area contributed by atoms with Crippen LogP contribution in [0.5, 0.6) is 0 Å². The largest absolute Gasteiger partial charge is 0.310 e. The molecule has 0 bridgehead atoms. The summed E-state index contributed by atoms with van der Waals surface area (Å²) in [4.78, 5) is 4.25. The lowest BCUT2D eigenvalue weighted by molar-refractivity contribution is 0.391. The van der Waals surface area contributed by atoms with Crippen LogP contribution < -0.4 is 5.32 Å². The van der Waals surface area contributed by atoms with Crippen LogP contribution in [0.4, 0.5) is 0 Å². The summed E-state index contributed by atoms with van der Waals surface area (Å²) in [5, 5.41) is 7.65. The molecule has 96 valence electrons. The quantitative estimate of drug-likeness (QED) is 0.793. The smallest absolute Gasteiger partial charge is 0.140 e. The van der Waals surface area contributed by atoms with Crippen molar-refractivity contribution >= 4 is 11.6 Å². The Kier molecular flexibility index (Phi) is 4.80. The van der Waals surface area contributed by atoms with Crippen molar-refractivity contribution in [3.05, 3.63) is 12.2 Å². The minimum Gasteiger partial charge on any atom is -0.310 e. The summed E-state index contributed by atoms with van der Waals surface area (Å²) in [5.74, 6) is 3.27. The summed E-state index contributed by atoms with van der Waals surface area (Å²) in [5.41, 5.74) is 0. The monoisotopic (exact) mass is 256 g/mol. The van der Waals surface area contributed by atoms with E-state index in [0.717, 1.165) is 37.3 Å². The van der Waals surface area contributed by atoms with Gasteiger partial charge in [0.25, 0.3) is 0 Å². The van der Waals surface area contributed by atoms with E-state index >= 15 is 0 Å². The summed E-state index contributed by atoms with van der Waals surface area (Å²) in [6.07, 6.45) is 5.55. The van der Waals surface area contributed by atoms with E-state index in [1.165, 1.54) is 19.3 Å². The number of hydrogen-bond donors (Lipinski definition) is 1. The van der Waals surface area contributed by atoms with E-state index in [-0.39, 0.29) is 0 Å². The number of rotatable bonds is 6. The molecule has 1 heterocycles. The first-order valence-electron chi connectivity index (χ1n) is 6.48. The van der Waals surface area contributed by atoms with E-state index < -0.39 is 0 Å². The third kappa shape index (κ3) is 3.19. The molecule has 0 radical (unpaired) electrons. The zero-order valence-corrected chi connectivity index (χ0v) is 11.2. The first kappa shape index (κ1) is 12.8. The number of nitrogens with zero attached hydrogens (tertiary/aromatic N) is 3. The molecule has 0 spiro atoms. The van der Waals surface area contributed by atoms with Gasteiger partial charge in [-0.05, 0) is 38.1 Å². The molecule has 1 aliphatic rings. The van der Waals surface area contributed by atoms with Gasteiger partial charge in [0.15, 0.2) is 0 Å². The van der Waals surface area contributed by atoms with E-state index in [9.17, 15) is 0 Å². The van der Waals surface area contributed by atoms with Crippen molar-refractivity contribution in [2.75, 3.05) is 12.4 Å². The molecule has 0 aliphatic heterocycles. The lowest BCUT2D eigenvalue weighted by Crippen LogP contribution is -2.27. The van der Waals surface area contributed by atoms with E-state index in [1.807, 2.05) is 4.68 Å². The second-order valence-electron chi connectivity index (χ2n) is 4.73. The fourth-order valence-corrected chi connectivity index (χ4v) is 3.05. The second kappa shape index (κ2) is 6.36. The summed E-state index contributed by atoms with van der Waals surface area (Å²) in [7, 11) is 0. The van der Waals surface area contributed by atoms with Crippen molar-refractivity contribution < 1.29 is 0 Å². The first-order valence-corrected chi connectivity index (χ1v) is 7.02. The van der Waals surface area contributed by atoms with Crippen LogP contribution in [0.2, 0.25) is 0 Å². The molecule has 1 fully saturated rings. The van der Waals surface area contributed by atoms with Crippen molar-refractivity contribution in [1.29, 1.82) is 0 Å². The Morgan fingerprint density at radius 2 is 2.29 bits per heavy atom. The van der Waals surface area contributed by atoms with Gasteiger partial charge in [-0.25, -0.2) is 9.67 Å². The molecule has 1 saturated carbocycles. The lowest BCUT2D eigenvalue weighted by Gasteiger charge is -2.17. The average molecular weight is 257 g/mol. The Morgan fingerprint density at radius 1 is 1.47 bits per heavy atom. The van der Waals surface area contributed by atoms with Crippen molar-refractivity contribution in [3.8, 4) is 0 Å². The van der Waals surface area contributed by atoms with Crippen molar-refractivity contribution in [1.82, 2.24) is 20.1 Å². The van der Waals surface area contributed by atoms with Crippen molar-refractivity contribution in [2.45, 2.75) is 39.3 Å². The van der Waals surface area contributed by atoms with Crippen LogP contribution in [0.25, 0.3) is 0 Å². The molecule has 2 unspecified atom stereocenters. The Labute approximate surface area is 108 Å². The predicted octanol–water partition coefficient (Wildman–Crippen LogP) is 2.04. The molecule has 2 rings (SSSR count). The molecule has 1 N–H and O–H groups in total. The highest BCUT2D eigenvalue weighted by Crippen LogP contribution is 2.31. The molecule has 1 aromatic rings. The van der Waals surface area contributed by atoms with Crippen LogP contribution in [0, 0.1) is 11.8 Å². The number of halogens is 1. The number of hydrogen-bond acceptors (Lipinski definition) is 3. The van der Waals surface area contributed by atoms with Gasteiger partial charge in [-0.1, -0.05) is 6.42 Å². The van der Waals surface area contributed by atoms with Crippen molar-refractivity contribution in [3.63, 3.8) is 0 Å². The molecule has 1 aromatic heterocycles.